The van der Waals surface area contributed by atoms with Gasteiger partial charge in [-0.25, -0.2) is 4.98 Å². The molecule has 0 bridgehead atoms. The van der Waals surface area contributed by atoms with Crippen LogP contribution in [-0.4, -0.2) is 28.2 Å². The first-order chi connectivity index (χ1) is 8.76. The zero-order chi connectivity index (χ0) is 13.0. The molecule has 0 atom stereocenters. The minimum absolute atomic E-state index is 0.180. The van der Waals surface area contributed by atoms with Crippen molar-refractivity contribution in [3.8, 4) is 17.0 Å². The molecule has 1 N–H and O–H groups in total. The van der Waals surface area contributed by atoms with E-state index >= 15 is 0 Å². The lowest BCUT2D eigenvalue weighted by atomic mass is 10.2. The number of pyridine rings is 2. The lowest BCUT2D eigenvalue weighted by Gasteiger charge is -2.20. The Hall–Kier alpha value is -2.10. The first kappa shape index (κ1) is 12.4. The molecule has 4 nitrogen and oxygen atoms in total. The molecule has 2 rings (SSSR count). The number of aromatic nitrogens is 2. The normalized spacial score (nSPS) is 10.3. The quantitative estimate of drug-likeness (QED) is 0.897. The van der Waals surface area contributed by atoms with Crippen molar-refractivity contribution in [2.24, 2.45) is 0 Å². The fourth-order valence-electron chi connectivity index (χ4n) is 1.88. The summed E-state index contributed by atoms with van der Waals surface area (Å²) in [6.45, 7) is 5.95. The van der Waals surface area contributed by atoms with Crippen LogP contribution < -0.4 is 4.90 Å². The number of nitrogens with zero attached hydrogens (tertiary/aromatic N) is 3. The number of aromatic hydroxyl groups is 1. The predicted octanol–water partition coefficient (Wildman–Crippen LogP) is 2.70. The molecule has 0 spiro atoms. The molecule has 0 fully saturated rings. The van der Waals surface area contributed by atoms with E-state index in [1.54, 1.807) is 18.5 Å². The van der Waals surface area contributed by atoms with Gasteiger partial charge in [-0.15, -0.1) is 0 Å². The van der Waals surface area contributed by atoms with Crippen LogP contribution in [0.1, 0.15) is 13.8 Å². The molecule has 0 radical (unpaired) electrons. The Labute approximate surface area is 107 Å². The second-order valence-corrected chi connectivity index (χ2v) is 3.95. The summed E-state index contributed by atoms with van der Waals surface area (Å²) in [4.78, 5) is 10.7. The minimum Gasteiger partial charge on any atom is -0.506 e. The molecule has 2 aromatic heterocycles. The molecule has 0 aliphatic heterocycles. The summed E-state index contributed by atoms with van der Waals surface area (Å²) in [7, 11) is 0. The van der Waals surface area contributed by atoms with Crippen molar-refractivity contribution in [1.29, 1.82) is 0 Å². The molecular formula is C14H17N3O. The minimum atomic E-state index is 0.180. The summed E-state index contributed by atoms with van der Waals surface area (Å²) in [5, 5.41) is 9.91. The molecular weight excluding hydrogens is 226 g/mol. The molecule has 2 aromatic rings. The maximum Gasteiger partial charge on any atom is 0.142 e. The molecule has 18 heavy (non-hydrogen) atoms. The average molecular weight is 243 g/mol. The highest BCUT2D eigenvalue weighted by atomic mass is 16.3. The highest BCUT2D eigenvalue weighted by molar-refractivity contribution is 5.67. The van der Waals surface area contributed by atoms with Gasteiger partial charge in [-0.05, 0) is 38.1 Å². The van der Waals surface area contributed by atoms with Crippen LogP contribution in [-0.2, 0) is 0 Å². The van der Waals surface area contributed by atoms with Crippen molar-refractivity contribution in [1.82, 2.24) is 9.97 Å². The Kier molecular flexibility index (Phi) is 3.77. The highest BCUT2D eigenvalue weighted by Crippen LogP contribution is 2.28. The van der Waals surface area contributed by atoms with E-state index in [9.17, 15) is 5.11 Å². The molecule has 4 heteroatoms. The van der Waals surface area contributed by atoms with E-state index < -0.39 is 0 Å². The van der Waals surface area contributed by atoms with Gasteiger partial charge in [0.2, 0.25) is 0 Å². The van der Waals surface area contributed by atoms with E-state index in [1.807, 2.05) is 18.2 Å². The second-order valence-electron chi connectivity index (χ2n) is 3.95. The van der Waals surface area contributed by atoms with Crippen molar-refractivity contribution in [2.45, 2.75) is 13.8 Å². The molecule has 0 aliphatic carbocycles. The first-order valence-electron chi connectivity index (χ1n) is 6.11. The molecule has 0 unspecified atom stereocenters. The van der Waals surface area contributed by atoms with Gasteiger partial charge < -0.3 is 10.0 Å². The molecule has 0 saturated carbocycles. The van der Waals surface area contributed by atoms with Crippen molar-refractivity contribution in [3.63, 3.8) is 0 Å². The van der Waals surface area contributed by atoms with Crippen LogP contribution in [0.4, 0.5) is 5.82 Å². The third-order valence-electron chi connectivity index (χ3n) is 2.88. The lowest BCUT2D eigenvalue weighted by Crippen LogP contribution is -2.22. The van der Waals surface area contributed by atoms with Gasteiger partial charge in [-0.3, -0.25) is 4.98 Å². The fraction of sp³-hybridized carbons (Fsp3) is 0.286. The molecule has 2 heterocycles. The fourth-order valence-corrected chi connectivity index (χ4v) is 1.88. The van der Waals surface area contributed by atoms with Crippen LogP contribution >= 0.6 is 0 Å². The summed E-state index contributed by atoms with van der Waals surface area (Å²) in [6.07, 6.45) is 3.41. The number of rotatable bonds is 4. The van der Waals surface area contributed by atoms with E-state index in [2.05, 4.69) is 28.7 Å². The third kappa shape index (κ3) is 2.42. The lowest BCUT2D eigenvalue weighted by molar-refractivity contribution is 0.475. The van der Waals surface area contributed by atoms with Crippen LogP contribution in [0.25, 0.3) is 11.3 Å². The van der Waals surface area contributed by atoms with Crippen molar-refractivity contribution in [3.05, 3.63) is 36.7 Å². The van der Waals surface area contributed by atoms with Gasteiger partial charge in [0, 0.05) is 31.0 Å². The average Bonchev–Trinajstić information content (AvgIpc) is 2.43. The predicted molar refractivity (Wildman–Crippen MR) is 72.7 cm³/mol. The maximum atomic E-state index is 9.91. The molecule has 94 valence electrons. The molecule has 0 aromatic carbocycles. The van der Waals surface area contributed by atoms with Gasteiger partial charge in [0.25, 0.3) is 0 Å². The Bertz CT molecular complexity index is 510. The molecule has 0 amide bonds. The largest absolute Gasteiger partial charge is 0.506 e. The van der Waals surface area contributed by atoms with Crippen molar-refractivity contribution >= 4 is 5.82 Å². The van der Waals surface area contributed by atoms with Gasteiger partial charge >= 0.3 is 0 Å². The molecule has 0 saturated heterocycles. The Morgan fingerprint density at radius 2 is 1.94 bits per heavy atom. The van der Waals surface area contributed by atoms with Crippen LogP contribution in [0.15, 0.2) is 36.7 Å². The van der Waals surface area contributed by atoms with E-state index in [4.69, 9.17) is 0 Å². The standard InChI is InChI=1S/C14H17N3O/c1-3-17(4-2)13-8-7-12(18)14(16-13)11-6-5-9-15-10-11/h5-10,18H,3-4H2,1-2H3. The summed E-state index contributed by atoms with van der Waals surface area (Å²) in [6, 6.07) is 7.24. The maximum absolute atomic E-state index is 9.91. The summed E-state index contributed by atoms with van der Waals surface area (Å²) in [5.41, 5.74) is 1.40. The monoisotopic (exact) mass is 243 g/mol. The number of anilines is 1. The van der Waals surface area contributed by atoms with E-state index in [1.165, 1.54) is 0 Å². The van der Waals surface area contributed by atoms with Crippen molar-refractivity contribution in [2.75, 3.05) is 18.0 Å². The summed E-state index contributed by atoms with van der Waals surface area (Å²) in [5.74, 6) is 1.05. The topological polar surface area (TPSA) is 49.2 Å². The van der Waals surface area contributed by atoms with Gasteiger partial charge in [-0.2, -0.15) is 0 Å². The first-order valence-corrected chi connectivity index (χ1v) is 6.11. The third-order valence-corrected chi connectivity index (χ3v) is 2.88. The summed E-state index contributed by atoms with van der Waals surface area (Å²) < 4.78 is 0. The van der Waals surface area contributed by atoms with E-state index in [0.717, 1.165) is 24.5 Å². The van der Waals surface area contributed by atoms with Crippen molar-refractivity contribution < 1.29 is 5.11 Å². The van der Waals surface area contributed by atoms with Gasteiger partial charge in [0.15, 0.2) is 0 Å². The highest BCUT2D eigenvalue weighted by Gasteiger charge is 2.10. The van der Waals surface area contributed by atoms with Crippen LogP contribution in [0.2, 0.25) is 0 Å². The SMILES string of the molecule is CCN(CC)c1ccc(O)c(-c2cccnc2)n1. The number of hydrogen-bond acceptors (Lipinski definition) is 4. The molecule has 0 aliphatic rings. The van der Waals surface area contributed by atoms with E-state index in [0.29, 0.717) is 5.69 Å². The van der Waals surface area contributed by atoms with Gasteiger partial charge in [0.05, 0.1) is 0 Å². The van der Waals surface area contributed by atoms with Crippen LogP contribution in [0, 0.1) is 0 Å². The van der Waals surface area contributed by atoms with Crippen LogP contribution in [0.5, 0.6) is 5.75 Å². The second kappa shape index (κ2) is 5.49. The van der Waals surface area contributed by atoms with E-state index in [-0.39, 0.29) is 5.75 Å². The Balaban J connectivity index is 2.45. The smallest absolute Gasteiger partial charge is 0.142 e. The number of hydrogen-bond donors (Lipinski definition) is 1. The van der Waals surface area contributed by atoms with Gasteiger partial charge in [0.1, 0.15) is 17.3 Å². The summed E-state index contributed by atoms with van der Waals surface area (Å²) >= 11 is 0. The zero-order valence-corrected chi connectivity index (χ0v) is 10.7. The van der Waals surface area contributed by atoms with Gasteiger partial charge in [-0.1, -0.05) is 0 Å². The zero-order valence-electron chi connectivity index (χ0n) is 10.7. The van der Waals surface area contributed by atoms with Crippen LogP contribution in [0.3, 0.4) is 0 Å². The Morgan fingerprint density at radius 1 is 1.17 bits per heavy atom. The Morgan fingerprint density at radius 3 is 2.56 bits per heavy atom.